The Morgan fingerprint density at radius 3 is 2.71 bits per heavy atom. The third kappa shape index (κ3) is 4.43. The van der Waals surface area contributed by atoms with E-state index < -0.39 is 0 Å². The molecule has 0 amide bonds. The maximum absolute atomic E-state index is 6.12. The van der Waals surface area contributed by atoms with Crippen LogP contribution in [0.3, 0.4) is 0 Å². The molecule has 3 N–H and O–H groups in total. The van der Waals surface area contributed by atoms with Gasteiger partial charge in [0.25, 0.3) is 0 Å². The lowest BCUT2D eigenvalue weighted by Crippen LogP contribution is -2.30. The third-order valence-corrected chi connectivity index (χ3v) is 3.30. The molecule has 96 valence electrons. The van der Waals surface area contributed by atoms with Crippen LogP contribution < -0.4 is 11.3 Å². The molecule has 1 heterocycles. The number of hydrogen-bond donors (Lipinski definition) is 2. The fourth-order valence-corrected chi connectivity index (χ4v) is 2.46. The summed E-state index contributed by atoms with van der Waals surface area (Å²) < 4.78 is 0. The molecule has 0 aliphatic carbocycles. The first-order chi connectivity index (χ1) is 8.08. The van der Waals surface area contributed by atoms with E-state index in [0.717, 1.165) is 12.1 Å². The van der Waals surface area contributed by atoms with E-state index in [4.69, 9.17) is 29.0 Å². The number of nitrogens with two attached hydrogens (primary N) is 1. The van der Waals surface area contributed by atoms with Crippen LogP contribution in [0.15, 0.2) is 12.3 Å². The molecule has 0 saturated heterocycles. The summed E-state index contributed by atoms with van der Waals surface area (Å²) in [5.41, 5.74) is 3.54. The first kappa shape index (κ1) is 14.7. The monoisotopic (exact) mass is 275 g/mol. The zero-order valence-corrected chi connectivity index (χ0v) is 11.7. The van der Waals surface area contributed by atoms with Crippen LogP contribution in [0, 0.1) is 5.92 Å². The molecular weight excluding hydrogens is 257 g/mol. The molecule has 0 aliphatic heterocycles. The average Bonchev–Trinajstić information content (AvgIpc) is 2.27. The highest BCUT2D eigenvalue weighted by Gasteiger charge is 2.18. The predicted molar refractivity (Wildman–Crippen MR) is 73.0 cm³/mol. The van der Waals surface area contributed by atoms with Gasteiger partial charge in [0.15, 0.2) is 0 Å². The lowest BCUT2D eigenvalue weighted by Gasteiger charge is -2.20. The van der Waals surface area contributed by atoms with Gasteiger partial charge in [0.05, 0.1) is 21.8 Å². The van der Waals surface area contributed by atoms with Gasteiger partial charge in [-0.05, 0) is 18.4 Å². The van der Waals surface area contributed by atoms with E-state index in [0.29, 0.717) is 16.0 Å². The van der Waals surface area contributed by atoms with Crippen LogP contribution in [-0.4, -0.2) is 4.98 Å². The Bertz CT molecular complexity index is 358. The van der Waals surface area contributed by atoms with Crippen molar-refractivity contribution in [1.29, 1.82) is 0 Å². The van der Waals surface area contributed by atoms with Gasteiger partial charge in [0, 0.05) is 6.20 Å². The van der Waals surface area contributed by atoms with Gasteiger partial charge in [0.1, 0.15) is 0 Å². The quantitative estimate of drug-likeness (QED) is 0.615. The molecule has 2 atom stereocenters. The zero-order valence-electron chi connectivity index (χ0n) is 10.2. The van der Waals surface area contributed by atoms with Crippen molar-refractivity contribution in [3.05, 3.63) is 28.0 Å². The van der Waals surface area contributed by atoms with E-state index in [2.05, 4.69) is 24.3 Å². The molecule has 0 bridgehead atoms. The van der Waals surface area contributed by atoms with Crippen molar-refractivity contribution in [2.24, 2.45) is 11.8 Å². The number of aromatic nitrogens is 1. The number of halogens is 2. The molecule has 0 radical (unpaired) electrons. The van der Waals surface area contributed by atoms with E-state index in [1.807, 2.05) is 0 Å². The van der Waals surface area contributed by atoms with Gasteiger partial charge in [-0.15, -0.1) is 0 Å². The Labute approximate surface area is 113 Å². The highest BCUT2D eigenvalue weighted by atomic mass is 35.5. The van der Waals surface area contributed by atoms with Gasteiger partial charge < -0.3 is 0 Å². The van der Waals surface area contributed by atoms with Crippen LogP contribution in [0.5, 0.6) is 0 Å². The summed E-state index contributed by atoms with van der Waals surface area (Å²) in [5.74, 6) is 6.15. The van der Waals surface area contributed by atoms with Crippen molar-refractivity contribution in [2.45, 2.75) is 39.2 Å². The maximum Gasteiger partial charge on any atom is 0.0773 e. The van der Waals surface area contributed by atoms with Crippen molar-refractivity contribution in [3.8, 4) is 0 Å². The summed E-state index contributed by atoms with van der Waals surface area (Å²) in [5, 5.41) is 1.10. The van der Waals surface area contributed by atoms with Crippen LogP contribution in [0.25, 0.3) is 0 Å². The summed E-state index contributed by atoms with van der Waals surface area (Å²) >= 11 is 11.9. The number of nitrogens with one attached hydrogen (secondary N) is 1. The molecule has 0 saturated carbocycles. The number of pyridine rings is 1. The Kier molecular flexibility index (Phi) is 6.20. The summed E-state index contributed by atoms with van der Waals surface area (Å²) in [6.07, 6.45) is 4.85. The Balaban J connectivity index is 2.79. The van der Waals surface area contributed by atoms with E-state index in [1.165, 1.54) is 12.8 Å². The second-order valence-corrected chi connectivity index (χ2v) is 5.21. The highest BCUT2D eigenvalue weighted by molar-refractivity contribution is 6.34. The standard InChI is InChI=1S/C12H19Cl2N3/c1-3-4-8(2)5-11(17-15)12-10(14)6-9(13)7-16-12/h6-8,11,17H,3-5,15H2,1-2H3. The summed E-state index contributed by atoms with van der Waals surface area (Å²) in [7, 11) is 0. The topological polar surface area (TPSA) is 50.9 Å². The smallest absolute Gasteiger partial charge is 0.0773 e. The van der Waals surface area contributed by atoms with Gasteiger partial charge in [-0.3, -0.25) is 16.3 Å². The summed E-state index contributed by atoms with van der Waals surface area (Å²) in [4.78, 5) is 4.26. The number of hydrogen-bond acceptors (Lipinski definition) is 3. The normalized spacial score (nSPS) is 14.6. The van der Waals surface area contributed by atoms with Gasteiger partial charge in [-0.1, -0.05) is 49.9 Å². The van der Waals surface area contributed by atoms with Crippen LogP contribution >= 0.6 is 23.2 Å². The molecule has 0 aliphatic rings. The Morgan fingerprint density at radius 1 is 1.47 bits per heavy atom. The molecule has 0 fully saturated rings. The second-order valence-electron chi connectivity index (χ2n) is 4.37. The highest BCUT2D eigenvalue weighted by Crippen LogP contribution is 2.28. The van der Waals surface area contributed by atoms with Crippen molar-refractivity contribution in [2.75, 3.05) is 0 Å². The van der Waals surface area contributed by atoms with Gasteiger partial charge in [-0.2, -0.15) is 0 Å². The van der Waals surface area contributed by atoms with Crippen molar-refractivity contribution in [3.63, 3.8) is 0 Å². The molecule has 0 spiro atoms. The predicted octanol–water partition coefficient (Wildman–Crippen LogP) is 3.72. The molecule has 1 rings (SSSR count). The molecule has 17 heavy (non-hydrogen) atoms. The molecule has 1 aromatic rings. The van der Waals surface area contributed by atoms with Crippen molar-refractivity contribution < 1.29 is 0 Å². The van der Waals surface area contributed by atoms with Crippen LogP contribution in [-0.2, 0) is 0 Å². The average molecular weight is 276 g/mol. The molecule has 5 heteroatoms. The van der Waals surface area contributed by atoms with E-state index in [9.17, 15) is 0 Å². The van der Waals surface area contributed by atoms with E-state index in [-0.39, 0.29) is 6.04 Å². The number of rotatable bonds is 6. The Morgan fingerprint density at radius 2 is 2.18 bits per heavy atom. The lowest BCUT2D eigenvalue weighted by molar-refractivity contribution is 0.389. The first-order valence-electron chi connectivity index (χ1n) is 5.85. The number of nitrogens with zero attached hydrogens (tertiary/aromatic N) is 1. The molecule has 2 unspecified atom stereocenters. The fraction of sp³-hybridized carbons (Fsp3) is 0.583. The first-order valence-corrected chi connectivity index (χ1v) is 6.61. The van der Waals surface area contributed by atoms with Crippen LogP contribution in [0.4, 0.5) is 0 Å². The van der Waals surface area contributed by atoms with Crippen molar-refractivity contribution >= 4 is 23.2 Å². The largest absolute Gasteiger partial charge is 0.271 e. The van der Waals surface area contributed by atoms with Gasteiger partial charge >= 0.3 is 0 Å². The van der Waals surface area contributed by atoms with E-state index >= 15 is 0 Å². The third-order valence-electron chi connectivity index (χ3n) is 2.79. The van der Waals surface area contributed by atoms with Gasteiger partial charge in [0.2, 0.25) is 0 Å². The summed E-state index contributed by atoms with van der Waals surface area (Å²) in [6, 6.07) is 1.67. The van der Waals surface area contributed by atoms with Gasteiger partial charge in [-0.25, -0.2) is 0 Å². The maximum atomic E-state index is 6.12. The minimum absolute atomic E-state index is 0.0266. The SMILES string of the molecule is CCCC(C)CC(NN)c1ncc(Cl)cc1Cl. The molecular formula is C12H19Cl2N3. The summed E-state index contributed by atoms with van der Waals surface area (Å²) in [6.45, 7) is 4.38. The lowest BCUT2D eigenvalue weighted by atomic mass is 9.95. The van der Waals surface area contributed by atoms with Crippen molar-refractivity contribution in [1.82, 2.24) is 10.4 Å². The van der Waals surface area contributed by atoms with E-state index in [1.54, 1.807) is 12.3 Å². The fourth-order valence-electron chi connectivity index (χ4n) is 1.95. The molecule has 3 nitrogen and oxygen atoms in total. The second kappa shape index (κ2) is 7.17. The van der Waals surface area contributed by atoms with Crippen LogP contribution in [0.1, 0.15) is 44.8 Å². The molecule has 1 aromatic heterocycles. The molecule has 0 aromatic carbocycles. The zero-order chi connectivity index (χ0) is 12.8. The minimum Gasteiger partial charge on any atom is -0.271 e. The minimum atomic E-state index is -0.0266. The van der Waals surface area contributed by atoms with Crippen LogP contribution in [0.2, 0.25) is 10.0 Å². The Hall–Kier alpha value is -0.350. The number of hydrazine groups is 1.